The van der Waals surface area contributed by atoms with Crippen molar-refractivity contribution in [3.63, 3.8) is 0 Å². The van der Waals surface area contributed by atoms with Gasteiger partial charge in [-0.25, -0.2) is 4.39 Å². The van der Waals surface area contributed by atoms with Crippen molar-refractivity contribution >= 4 is 17.5 Å². The van der Waals surface area contributed by atoms with Crippen molar-refractivity contribution in [1.82, 2.24) is 4.90 Å². The van der Waals surface area contributed by atoms with Gasteiger partial charge in [0.1, 0.15) is 5.82 Å². The minimum Gasteiger partial charge on any atom is -0.342 e. The summed E-state index contributed by atoms with van der Waals surface area (Å²) in [4.78, 5) is 13.6. The Morgan fingerprint density at radius 1 is 1.33 bits per heavy atom. The molecule has 0 N–H and O–H groups in total. The summed E-state index contributed by atoms with van der Waals surface area (Å²) in [5.41, 5.74) is 0.645. The van der Waals surface area contributed by atoms with Gasteiger partial charge in [-0.05, 0) is 31.4 Å². The van der Waals surface area contributed by atoms with Gasteiger partial charge in [0, 0.05) is 19.5 Å². The molecule has 18 heavy (non-hydrogen) atoms. The normalized spacial score (nSPS) is 10.4. The Balaban J connectivity index is 2.60. The molecule has 1 rings (SSSR count). The molecule has 1 aromatic carbocycles. The van der Waals surface area contributed by atoms with Crippen LogP contribution in [0, 0.1) is 12.7 Å². The predicted octanol–water partition coefficient (Wildman–Crippen LogP) is 3.62. The summed E-state index contributed by atoms with van der Waals surface area (Å²) in [6.45, 7) is 2.29. The molecule has 0 fully saturated rings. The zero-order valence-electron chi connectivity index (χ0n) is 10.9. The molecular formula is C14H19ClFNO. The Morgan fingerprint density at radius 2 is 2.06 bits per heavy atom. The molecule has 0 aliphatic heterocycles. The van der Waals surface area contributed by atoms with Gasteiger partial charge >= 0.3 is 0 Å². The van der Waals surface area contributed by atoms with Crippen molar-refractivity contribution in [3.8, 4) is 0 Å². The topological polar surface area (TPSA) is 20.3 Å². The molecule has 100 valence electrons. The summed E-state index contributed by atoms with van der Waals surface area (Å²) >= 11 is 5.58. The summed E-state index contributed by atoms with van der Waals surface area (Å²) in [6, 6.07) is 4.89. The molecule has 1 aromatic rings. The van der Waals surface area contributed by atoms with E-state index in [2.05, 4.69) is 0 Å². The monoisotopic (exact) mass is 271 g/mol. The van der Waals surface area contributed by atoms with Crippen LogP contribution in [0.3, 0.4) is 0 Å². The van der Waals surface area contributed by atoms with Crippen LogP contribution in [-0.2, 0) is 0 Å². The number of nitrogens with zero attached hydrogens (tertiary/aromatic N) is 1. The maximum atomic E-state index is 13.8. The first-order valence-corrected chi connectivity index (χ1v) is 6.68. The van der Waals surface area contributed by atoms with Crippen molar-refractivity contribution in [2.24, 2.45) is 0 Å². The van der Waals surface area contributed by atoms with Gasteiger partial charge in [0.2, 0.25) is 0 Å². The summed E-state index contributed by atoms with van der Waals surface area (Å²) in [7, 11) is 1.70. The van der Waals surface area contributed by atoms with Gasteiger partial charge in [-0.2, -0.15) is 0 Å². The Bertz CT molecular complexity index is 409. The number of halogens is 2. The molecule has 0 atom stereocenters. The highest BCUT2D eigenvalue weighted by Gasteiger charge is 2.16. The number of carbonyl (C=O) groups is 1. The van der Waals surface area contributed by atoms with Crippen LogP contribution in [0.15, 0.2) is 18.2 Å². The van der Waals surface area contributed by atoms with Crippen molar-refractivity contribution in [2.45, 2.75) is 26.2 Å². The van der Waals surface area contributed by atoms with E-state index in [9.17, 15) is 9.18 Å². The first-order chi connectivity index (χ1) is 8.57. The zero-order chi connectivity index (χ0) is 13.5. The molecule has 4 heteroatoms. The standard InChI is InChI=1S/C14H19ClFNO/c1-11-7-6-8-12(13(11)16)14(18)17(2)10-5-3-4-9-15/h6-8H,3-5,9-10H2,1-2H3. The van der Waals surface area contributed by atoms with Gasteiger partial charge in [0.05, 0.1) is 5.56 Å². The lowest BCUT2D eigenvalue weighted by Gasteiger charge is -2.17. The van der Waals surface area contributed by atoms with Crippen molar-refractivity contribution in [1.29, 1.82) is 0 Å². The van der Waals surface area contributed by atoms with E-state index in [-0.39, 0.29) is 11.5 Å². The lowest BCUT2D eigenvalue weighted by atomic mass is 10.1. The number of hydrogen-bond acceptors (Lipinski definition) is 1. The fourth-order valence-corrected chi connectivity index (χ4v) is 1.93. The molecule has 1 amide bonds. The van der Waals surface area contributed by atoms with E-state index < -0.39 is 5.82 Å². The van der Waals surface area contributed by atoms with Crippen LogP contribution in [0.25, 0.3) is 0 Å². The number of amides is 1. The fourth-order valence-electron chi connectivity index (χ4n) is 1.74. The number of hydrogen-bond donors (Lipinski definition) is 0. The number of carbonyl (C=O) groups excluding carboxylic acids is 1. The molecule has 2 nitrogen and oxygen atoms in total. The van der Waals surface area contributed by atoms with Gasteiger partial charge in [0.15, 0.2) is 0 Å². The SMILES string of the molecule is Cc1cccc(C(=O)N(C)CCCCCCl)c1F. The molecule has 0 spiro atoms. The molecule has 0 aliphatic carbocycles. The maximum absolute atomic E-state index is 13.8. The maximum Gasteiger partial charge on any atom is 0.256 e. The largest absolute Gasteiger partial charge is 0.342 e. The van der Waals surface area contributed by atoms with Crippen molar-refractivity contribution in [2.75, 3.05) is 19.5 Å². The lowest BCUT2D eigenvalue weighted by Crippen LogP contribution is -2.28. The van der Waals surface area contributed by atoms with Gasteiger partial charge < -0.3 is 4.90 Å². The Kier molecular flexibility index (Phi) is 6.13. The van der Waals surface area contributed by atoms with Gasteiger partial charge in [-0.3, -0.25) is 4.79 Å². The molecule has 0 heterocycles. The molecule has 0 saturated carbocycles. The smallest absolute Gasteiger partial charge is 0.256 e. The molecule has 0 unspecified atom stereocenters. The molecule has 0 aromatic heterocycles. The van der Waals surface area contributed by atoms with Crippen LogP contribution in [0.5, 0.6) is 0 Å². The third-order valence-corrected chi connectivity index (χ3v) is 3.16. The van der Waals surface area contributed by atoms with E-state index in [0.29, 0.717) is 18.0 Å². The summed E-state index contributed by atoms with van der Waals surface area (Å²) in [6.07, 6.45) is 2.82. The summed E-state index contributed by atoms with van der Waals surface area (Å²) in [5, 5.41) is 0. The van der Waals surface area contributed by atoms with Gasteiger partial charge in [-0.15, -0.1) is 11.6 Å². The minimum absolute atomic E-state index is 0.148. The second-order valence-electron chi connectivity index (χ2n) is 4.41. The number of benzene rings is 1. The van der Waals surface area contributed by atoms with E-state index in [1.54, 1.807) is 31.0 Å². The van der Waals surface area contributed by atoms with E-state index in [0.717, 1.165) is 19.3 Å². The van der Waals surface area contributed by atoms with Crippen LogP contribution in [0.1, 0.15) is 35.2 Å². The van der Waals surface area contributed by atoms with Crippen molar-refractivity contribution in [3.05, 3.63) is 35.1 Å². The van der Waals surface area contributed by atoms with Crippen molar-refractivity contribution < 1.29 is 9.18 Å². The van der Waals surface area contributed by atoms with Crippen LogP contribution >= 0.6 is 11.6 Å². The number of alkyl halides is 1. The molecule has 0 radical (unpaired) electrons. The van der Waals surface area contributed by atoms with Crippen LogP contribution in [0.2, 0.25) is 0 Å². The molecular weight excluding hydrogens is 253 g/mol. The van der Waals surface area contributed by atoms with Crippen LogP contribution < -0.4 is 0 Å². The highest BCUT2D eigenvalue weighted by molar-refractivity contribution is 6.17. The first-order valence-electron chi connectivity index (χ1n) is 6.14. The Hall–Kier alpha value is -1.09. The average molecular weight is 272 g/mol. The zero-order valence-corrected chi connectivity index (χ0v) is 11.6. The average Bonchev–Trinajstić information content (AvgIpc) is 2.37. The Morgan fingerprint density at radius 3 is 2.72 bits per heavy atom. The number of aryl methyl sites for hydroxylation is 1. The molecule has 0 aliphatic rings. The lowest BCUT2D eigenvalue weighted by molar-refractivity contribution is 0.0788. The number of rotatable bonds is 6. The minimum atomic E-state index is -0.421. The summed E-state index contributed by atoms with van der Waals surface area (Å²) in [5.74, 6) is -0.0401. The Labute approximate surface area is 113 Å². The fraction of sp³-hybridized carbons (Fsp3) is 0.500. The van der Waals surface area contributed by atoms with Gasteiger partial charge in [-0.1, -0.05) is 18.6 Å². The van der Waals surface area contributed by atoms with E-state index in [4.69, 9.17) is 11.6 Å². The third-order valence-electron chi connectivity index (χ3n) is 2.90. The molecule has 0 bridgehead atoms. The molecule has 0 saturated heterocycles. The summed E-state index contributed by atoms with van der Waals surface area (Å²) < 4.78 is 13.8. The number of unbranched alkanes of at least 4 members (excludes halogenated alkanes) is 2. The second kappa shape index (κ2) is 7.37. The van der Waals surface area contributed by atoms with E-state index in [1.807, 2.05) is 0 Å². The highest BCUT2D eigenvalue weighted by Crippen LogP contribution is 2.14. The van der Waals surface area contributed by atoms with Gasteiger partial charge in [0.25, 0.3) is 5.91 Å². The van der Waals surface area contributed by atoms with Crippen LogP contribution in [-0.4, -0.2) is 30.3 Å². The van der Waals surface area contributed by atoms with Crippen LogP contribution in [0.4, 0.5) is 4.39 Å². The quantitative estimate of drug-likeness (QED) is 0.572. The van der Waals surface area contributed by atoms with E-state index in [1.165, 1.54) is 6.07 Å². The highest BCUT2D eigenvalue weighted by atomic mass is 35.5. The third kappa shape index (κ3) is 3.98. The predicted molar refractivity (Wildman–Crippen MR) is 72.7 cm³/mol. The second-order valence-corrected chi connectivity index (χ2v) is 4.79. The first kappa shape index (κ1) is 15.0. The van der Waals surface area contributed by atoms with E-state index >= 15 is 0 Å².